The number of ether oxygens (including phenoxy) is 1. The average molecular weight is 250 g/mol. The maximum Gasteiger partial charge on any atom is 0.123 e. The zero-order chi connectivity index (χ0) is 13.0. The lowest BCUT2D eigenvalue weighted by Crippen LogP contribution is -2.28. The monoisotopic (exact) mass is 250 g/mol. The van der Waals surface area contributed by atoms with Gasteiger partial charge in [0.2, 0.25) is 0 Å². The fraction of sp³-hybridized carbons (Fsp3) is 0.571. The molecule has 1 fully saturated rings. The summed E-state index contributed by atoms with van der Waals surface area (Å²) in [7, 11) is 0. The van der Waals surface area contributed by atoms with E-state index in [4.69, 9.17) is 15.6 Å². The molecule has 0 unspecified atom stereocenters. The van der Waals surface area contributed by atoms with Gasteiger partial charge in [-0.15, -0.1) is 0 Å². The van der Waals surface area contributed by atoms with E-state index in [2.05, 4.69) is 11.8 Å². The Balaban J connectivity index is 2.16. The number of nitrogens with zero attached hydrogens (tertiary/aromatic N) is 1. The first-order valence-electron chi connectivity index (χ1n) is 6.65. The van der Waals surface area contributed by atoms with Crippen LogP contribution in [-0.2, 0) is 0 Å². The molecule has 18 heavy (non-hydrogen) atoms. The van der Waals surface area contributed by atoms with E-state index < -0.39 is 0 Å². The van der Waals surface area contributed by atoms with E-state index in [9.17, 15) is 0 Å². The molecular formula is C14H22N2O2. The minimum atomic E-state index is 0.163. The Morgan fingerprint density at radius 1 is 1.39 bits per heavy atom. The van der Waals surface area contributed by atoms with Crippen molar-refractivity contribution in [2.45, 2.75) is 32.2 Å². The van der Waals surface area contributed by atoms with Gasteiger partial charge in [-0.25, -0.2) is 0 Å². The highest BCUT2D eigenvalue weighted by atomic mass is 16.5. The predicted octanol–water partition coefficient (Wildman–Crippen LogP) is 2.02. The molecular weight excluding hydrogens is 228 g/mol. The summed E-state index contributed by atoms with van der Waals surface area (Å²) >= 11 is 0. The molecule has 0 amide bonds. The standard InChI is InChI=1S/C14H22N2O2/c1-2-7-18-14-9-11(15)8-13(10-14)16(5-6-17)12-3-4-12/h8-10,12,17H,2-7,15H2,1H3. The van der Waals surface area contributed by atoms with Crippen molar-refractivity contribution >= 4 is 11.4 Å². The second-order valence-corrected chi connectivity index (χ2v) is 4.76. The molecule has 0 saturated heterocycles. The van der Waals surface area contributed by atoms with Crippen molar-refractivity contribution in [3.8, 4) is 5.75 Å². The average Bonchev–Trinajstić information content (AvgIpc) is 3.17. The topological polar surface area (TPSA) is 58.7 Å². The number of rotatable bonds is 7. The van der Waals surface area contributed by atoms with E-state index >= 15 is 0 Å². The fourth-order valence-corrected chi connectivity index (χ4v) is 2.09. The first-order chi connectivity index (χ1) is 8.74. The summed E-state index contributed by atoms with van der Waals surface area (Å²) in [4.78, 5) is 2.22. The van der Waals surface area contributed by atoms with Gasteiger partial charge in [0.05, 0.1) is 13.2 Å². The van der Waals surface area contributed by atoms with Gasteiger partial charge in [0.1, 0.15) is 5.75 Å². The summed E-state index contributed by atoms with van der Waals surface area (Å²) in [6, 6.07) is 6.37. The van der Waals surface area contributed by atoms with Crippen molar-refractivity contribution in [2.24, 2.45) is 0 Å². The molecule has 1 aromatic rings. The Hall–Kier alpha value is -1.42. The van der Waals surface area contributed by atoms with Crippen LogP contribution in [0.5, 0.6) is 5.75 Å². The summed E-state index contributed by atoms with van der Waals surface area (Å²) in [5, 5.41) is 9.15. The van der Waals surface area contributed by atoms with Crippen LogP contribution in [0.1, 0.15) is 26.2 Å². The third-order valence-corrected chi connectivity index (χ3v) is 3.05. The lowest BCUT2D eigenvalue weighted by Gasteiger charge is -2.24. The molecule has 0 bridgehead atoms. The van der Waals surface area contributed by atoms with Crippen molar-refractivity contribution in [3.63, 3.8) is 0 Å². The number of nitrogens with two attached hydrogens (primary N) is 1. The highest BCUT2D eigenvalue weighted by Gasteiger charge is 2.29. The Morgan fingerprint density at radius 3 is 2.78 bits per heavy atom. The first-order valence-corrected chi connectivity index (χ1v) is 6.65. The van der Waals surface area contributed by atoms with Crippen molar-refractivity contribution in [1.29, 1.82) is 0 Å². The van der Waals surface area contributed by atoms with Crippen LogP contribution < -0.4 is 15.4 Å². The molecule has 100 valence electrons. The fourth-order valence-electron chi connectivity index (χ4n) is 2.09. The van der Waals surface area contributed by atoms with Crippen LogP contribution in [0.15, 0.2) is 18.2 Å². The molecule has 4 heteroatoms. The van der Waals surface area contributed by atoms with Gasteiger partial charge in [-0.1, -0.05) is 6.92 Å². The predicted molar refractivity (Wildman–Crippen MR) is 74.1 cm³/mol. The Morgan fingerprint density at radius 2 is 2.17 bits per heavy atom. The van der Waals surface area contributed by atoms with Gasteiger partial charge in [0.25, 0.3) is 0 Å². The summed E-state index contributed by atoms with van der Waals surface area (Å²) < 4.78 is 5.64. The summed E-state index contributed by atoms with van der Waals surface area (Å²) in [5.74, 6) is 0.815. The van der Waals surface area contributed by atoms with Crippen molar-refractivity contribution < 1.29 is 9.84 Å². The Kier molecular flexibility index (Phi) is 4.31. The van der Waals surface area contributed by atoms with Gasteiger partial charge >= 0.3 is 0 Å². The normalized spacial score (nSPS) is 14.6. The first kappa shape index (κ1) is 13.0. The van der Waals surface area contributed by atoms with Crippen LogP contribution in [-0.4, -0.2) is 30.9 Å². The maximum atomic E-state index is 9.15. The van der Waals surface area contributed by atoms with Gasteiger partial charge in [-0.05, 0) is 25.3 Å². The van der Waals surface area contributed by atoms with Crippen LogP contribution in [0.4, 0.5) is 11.4 Å². The van der Waals surface area contributed by atoms with Crippen molar-refractivity contribution in [3.05, 3.63) is 18.2 Å². The van der Waals surface area contributed by atoms with Gasteiger partial charge in [0.15, 0.2) is 0 Å². The molecule has 2 rings (SSSR count). The Labute approximate surface area is 108 Å². The number of aliphatic hydroxyl groups excluding tert-OH is 1. The number of nitrogen functional groups attached to an aromatic ring is 1. The zero-order valence-electron chi connectivity index (χ0n) is 10.9. The minimum absolute atomic E-state index is 0.163. The van der Waals surface area contributed by atoms with E-state index in [1.807, 2.05) is 18.2 Å². The van der Waals surface area contributed by atoms with Crippen LogP contribution in [0.3, 0.4) is 0 Å². The molecule has 0 atom stereocenters. The van der Waals surface area contributed by atoms with Crippen molar-refractivity contribution in [2.75, 3.05) is 30.4 Å². The third-order valence-electron chi connectivity index (χ3n) is 3.05. The van der Waals surface area contributed by atoms with Gasteiger partial charge < -0.3 is 20.5 Å². The maximum absolute atomic E-state index is 9.15. The molecule has 0 radical (unpaired) electrons. The smallest absolute Gasteiger partial charge is 0.123 e. The highest BCUT2D eigenvalue weighted by Crippen LogP contribution is 2.34. The minimum Gasteiger partial charge on any atom is -0.493 e. The van der Waals surface area contributed by atoms with Gasteiger partial charge in [0, 0.05) is 36.1 Å². The van der Waals surface area contributed by atoms with E-state index in [1.54, 1.807) is 0 Å². The second-order valence-electron chi connectivity index (χ2n) is 4.76. The molecule has 4 nitrogen and oxygen atoms in total. The lowest BCUT2D eigenvalue weighted by atomic mass is 10.2. The lowest BCUT2D eigenvalue weighted by molar-refractivity contribution is 0.301. The van der Waals surface area contributed by atoms with Gasteiger partial charge in [-0.2, -0.15) is 0 Å². The van der Waals surface area contributed by atoms with Crippen LogP contribution in [0.2, 0.25) is 0 Å². The second kappa shape index (κ2) is 5.96. The third kappa shape index (κ3) is 3.29. The highest BCUT2D eigenvalue weighted by molar-refractivity contribution is 5.61. The molecule has 1 aromatic carbocycles. The molecule has 1 aliphatic rings. The number of anilines is 2. The molecule has 3 N–H and O–H groups in total. The number of hydrogen-bond donors (Lipinski definition) is 2. The van der Waals surface area contributed by atoms with Crippen LogP contribution in [0.25, 0.3) is 0 Å². The summed E-state index contributed by atoms with van der Waals surface area (Å²) in [6.45, 7) is 3.60. The van der Waals surface area contributed by atoms with E-state index in [0.717, 1.165) is 17.9 Å². The molecule has 0 aliphatic heterocycles. The van der Waals surface area contributed by atoms with Gasteiger partial charge in [-0.3, -0.25) is 0 Å². The molecule has 0 heterocycles. The summed E-state index contributed by atoms with van der Waals surface area (Å²) in [5.41, 5.74) is 7.68. The van der Waals surface area contributed by atoms with Crippen LogP contribution in [0, 0.1) is 0 Å². The molecule has 0 aromatic heterocycles. The largest absolute Gasteiger partial charge is 0.493 e. The summed E-state index contributed by atoms with van der Waals surface area (Å²) in [6.07, 6.45) is 3.37. The molecule has 0 spiro atoms. The van der Waals surface area contributed by atoms with Crippen molar-refractivity contribution in [1.82, 2.24) is 0 Å². The van der Waals surface area contributed by atoms with E-state index in [1.165, 1.54) is 12.8 Å². The Bertz CT molecular complexity index is 391. The number of aliphatic hydroxyl groups is 1. The number of benzene rings is 1. The zero-order valence-corrected chi connectivity index (χ0v) is 10.9. The molecule has 1 aliphatic carbocycles. The quantitative estimate of drug-likeness (QED) is 0.727. The van der Waals surface area contributed by atoms with Crippen LogP contribution >= 0.6 is 0 Å². The SMILES string of the molecule is CCCOc1cc(N)cc(N(CCO)C2CC2)c1. The number of hydrogen-bond acceptors (Lipinski definition) is 4. The van der Waals surface area contributed by atoms with E-state index in [-0.39, 0.29) is 6.61 Å². The molecule has 1 saturated carbocycles. The van der Waals surface area contributed by atoms with E-state index in [0.29, 0.717) is 24.9 Å².